The maximum Gasteiger partial charge on any atom is 0.309 e. The molecule has 0 aliphatic carbocycles. The SMILES string of the molecule is Cc1ccc(-c2ccccc2F)c(CC(=O)O)n1. The van der Waals surface area contributed by atoms with Crippen molar-refractivity contribution >= 4 is 5.97 Å². The molecule has 0 radical (unpaired) electrons. The van der Waals surface area contributed by atoms with Gasteiger partial charge < -0.3 is 5.11 Å². The van der Waals surface area contributed by atoms with E-state index in [0.29, 0.717) is 22.5 Å². The zero-order valence-corrected chi connectivity index (χ0v) is 9.85. The van der Waals surface area contributed by atoms with Gasteiger partial charge in [-0.1, -0.05) is 24.3 Å². The van der Waals surface area contributed by atoms with Gasteiger partial charge >= 0.3 is 5.97 Å². The maximum absolute atomic E-state index is 13.7. The molecule has 0 aliphatic rings. The molecule has 4 heteroatoms. The van der Waals surface area contributed by atoms with E-state index in [0.717, 1.165) is 0 Å². The van der Waals surface area contributed by atoms with Crippen molar-refractivity contribution in [2.45, 2.75) is 13.3 Å². The highest BCUT2D eigenvalue weighted by atomic mass is 19.1. The molecule has 18 heavy (non-hydrogen) atoms. The number of halogens is 1. The van der Waals surface area contributed by atoms with Crippen molar-refractivity contribution in [3.05, 3.63) is 53.6 Å². The fourth-order valence-corrected chi connectivity index (χ4v) is 1.81. The normalized spacial score (nSPS) is 10.3. The molecule has 0 saturated heterocycles. The lowest BCUT2D eigenvalue weighted by atomic mass is 10.0. The van der Waals surface area contributed by atoms with E-state index in [1.54, 1.807) is 37.3 Å². The minimum atomic E-state index is -0.981. The highest BCUT2D eigenvalue weighted by Crippen LogP contribution is 2.25. The molecule has 0 saturated carbocycles. The van der Waals surface area contributed by atoms with Gasteiger partial charge in [0.15, 0.2) is 0 Å². The highest BCUT2D eigenvalue weighted by molar-refractivity contribution is 5.75. The minimum absolute atomic E-state index is 0.217. The van der Waals surface area contributed by atoms with Gasteiger partial charge in [0.1, 0.15) is 5.82 Å². The second kappa shape index (κ2) is 4.96. The second-order valence-corrected chi connectivity index (χ2v) is 4.00. The predicted octanol–water partition coefficient (Wildman–Crippen LogP) is 2.82. The van der Waals surface area contributed by atoms with E-state index in [-0.39, 0.29) is 12.2 Å². The summed E-state index contributed by atoms with van der Waals surface area (Å²) in [6, 6.07) is 9.72. The standard InChI is InChI=1S/C14H12FNO2/c1-9-6-7-11(13(16-9)8-14(17)18)10-4-2-3-5-12(10)15/h2-7H,8H2,1H3,(H,17,18). The molecule has 2 rings (SSSR count). The smallest absolute Gasteiger partial charge is 0.309 e. The van der Waals surface area contributed by atoms with Crippen LogP contribution < -0.4 is 0 Å². The number of rotatable bonds is 3. The number of carboxylic acids is 1. The first-order valence-corrected chi connectivity index (χ1v) is 5.51. The first kappa shape index (κ1) is 12.2. The van der Waals surface area contributed by atoms with Crippen molar-refractivity contribution in [1.29, 1.82) is 0 Å². The number of benzene rings is 1. The largest absolute Gasteiger partial charge is 0.481 e. The molecule has 0 bridgehead atoms. The summed E-state index contributed by atoms with van der Waals surface area (Å²) in [7, 11) is 0. The van der Waals surface area contributed by atoms with E-state index in [2.05, 4.69) is 4.98 Å². The number of pyridine rings is 1. The summed E-state index contributed by atoms with van der Waals surface area (Å²) >= 11 is 0. The Kier molecular flexibility index (Phi) is 3.37. The average Bonchev–Trinajstić information content (AvgIpc) is 2.30. The number of aliphatic carboxylic acids is 1. The third kappa shape index (κ3) is 2.53. The Morgan fingerprint density at radius 3 is 2.61 bits per heavy atom. The summed E-state index contributed by atoms with van der Waals surface area (Å²) in [4.78, 5) is 15.0. The van der Waals surface area contributed by atoms with Crippen LogP contribution in [0.3, 0.4) is 0 Å². The maximum atomic E-state index is 13.7. The average molecular weight is 245 g/mol. The van der Waals surface area contributed by atoms with E-state index in [1.807, 2.05) is 0 Å². The Hall–Kier alpha value is -2.23. The van der Waals surface area contributed by atoms with Gasteiger partial charge in [-0.15, -0.1) is 0 Å². The van der Waals surface area contributed by atoms with Gasteiger partial charge in [-0.2, -0.15) is 0 Å². The molecule has 3 nitrogen and oxygen atoms in total. The number of aromatic nitrogens is 1. The van der Waals surface area contributed by atoms with E-state index in [4.69, 9.17) is 5.11 Å². The molecule has 0 atom stereocenters. The Labute approximate surface area is 104 Å². The molecular formula is C14H12FNO2. The second-order valence-electron chi connectivity index (χ2n) is 4.00. The molecule has 0 spiro atoms. The molecule has 0 fully saturated rings. The Bertz CT molecular complexity index is 596. The fraction of sp³-hybridized carbons (Fsp3) is 0.143. The van der Waals surface area contributed by atoms with Crippen LogP contribution in [0.5, 0.6) is 0 Å². The number of carbonyl (C=O) groups is 1. The van der Waals surface area contributed by atoms with Crippen LogP contribution in [0, 0.1) is 12.7 Å². The van der Waals surface area contributed by atoms with Gasteiger partial charge in [0, 0.05) is 16.8 Å². The van der Waals surface area contributed by atoms with Gasteiger partial charge in [0.05, 0.1) is 12.1 Å². The minimum Gasteiger partial charge on any atom is -0.481 e. The van der Waals surface area contributed by atoms with Crippen LogP contribution in [0.15, 0.2) is 36.4 Å². The van der Waals surface area contributed by atoms with Crippen molar-refractivity contribution in [1.82, 2.24) is 4.98 Å². The summed E-state index contributed by atoms with van der Waals surface area (Å²) in [5.74, 6) is -1.36. The highest BCUT2D eigenvalue weighted by Gasteiger charge is 2.13. The first-order valence-electron chi connectivity index (χ1n) is 5.51. The zero-order chi connectivity index (χ0) is 13.1. The van der Waals surface area contributed by atoms with E-state index in [1.165, 1.54) is 6.07 Å². The molecule has 92 valence electrons. The number of hydrogen-bond acceptors (Lipinski definition) is 2. The van der Waals surface area contributed by atoms with Crippen molar-refractivity contribution < 1.29 is 14.3 Å². The summed E-state index contributed by atoms with van der Waals surface area (Å²) in [6.45, 7) is 1.77. The summed E-state index contributed by atoms with van der Waals surface area (Å²) < 4.78 is 13.7. The molecule has 2 aromatic rings. The molecular weight excluding hydrogens is 233 g/mol. The Morgan fingerprint density at radius 2 is 1.94 bits per heavy atom. The fourth-order valence-electron chi connectivity index (χ4n) is 1.81. The number of hydrogen-bond donors (Lipinski definition) is 1. The summed E-state index contributed by atoms with van der Waals surface area (Å²) in [6.07, 6.45) is -0.217. The lowest BCUT2D eigenvalue weighted by Gasteiger charge is -2.09. The third-order valence-corrected chi connectivity index (χ3v) is 2.60. The molecule has 0 unspecified atom stereocenters. The van der Waals surface area contributed by atoms with Gasteiger partial charge in [0.2, 0.25) is 0 Å². The number of aryl methyl sites for hydroxylation is 1. The number of carboxylic acid groups (broad SMARTS) is 1. The summed E-state index contributed by atoms with van der Waals surface area (Å²) in [5, 5.41) is 8.86. The van der Waals surface area contributed by atoms with E-state index < -0.39 is 5.97 Å². The van der Waals surface area contributed by atoms with Gasteiger partial charge in [0.25, 0.3) is 0 Å². The summed E-state index contributed by atoms with van der Waals surface area (Å²) in [5.41, 5.74) is 2.00. The van der Waals surface area contributed by atoms with Crippen molar-refractivity contribution in [2.24, 2.45) is 0 Å². The lowest BCUT2D eigenvalue weighted by molar-refractivity contribution is -0.136. The van der Waals surface area contributed by atoms with Crippen LogP contribution in [0.4, 0.5) is 4.39 Å². The predicted molar refractivity (Wildman–Crippen MR) is 65.7 cm³/mol. The Morgan fingerprint density at radius 1 is 1.22 bits per heavy atom. The molecule has 1 heterocycles. The molecule has 1 aromatic carbocycles. The lowest BCUT2D eigenvalue weighted by Crippen LogP contribution is -2.05. The van der Waals surface area contributed by atoms with Crippen LogP contribution in [-0.4, -0.2) is 16.1 Å². The van der Waals surface area contributed by atoms with E-state index >= 15 is 0 Å². The van der Waals surface area contributed by atoms with Gasteiger partial charge in [-0.25, -0.2) is 4.39 Å². The van der Waals surface area contributed by atoms with Gasteiger partial charge in [-0.3, -0.25) is 9.78 Å². The van der Waals surface area contributed by atoms with Crippen LogP contribution in [0.2, 0.25) is 0 Å². The van der Waals surface area contributed by atoms with Crippen LogP contribution >= 0.6 is 0 Å². The molecule has 1 N–H and O–H groups in total. The van der Waals surface area contributed by atoms with Crippen LogP contribution in [0.25, 0.3) is 11.1 Å². The van der Waals surface area contributed by atoms with Crippen LogP contribution in [0.1, 0.15) is 11.4 Å². The van der Waals surface area contributed by atoms with Gasteiger partial charge in [-0.05, 0) is 19.1 Å². The number of nitrogens with zero attached hydrogens (tertiary/aromatic N) is 1. The van der Waals surface area contributed by atoms with E-state index in [9.17, 15) is 9.18 Å². The first-order chi connectivity index (χ1) is 8.58. The van der Waals surface area contributed by atoms with Crippen LogP contribution in [-0.2, 0) is 11.2 Å². The van der Waals surface area contributed by atoms with Crippen molar-refractivity contribution in [3.63, 3.8) is 0 Å². The quantitative estimate of drug-likeness (QED) is 0.904. The third-order valence-electron chi connectivity index (χ3n) is 2.60. The zero-order valence-electron chi connectivity index (χ0n) is 9.85. The van der Waals surface area contributed by atoms with Crippen molar-refractivity contribution in [3.8, 4) is 11.1 Å². The monoisotopic (exact) mass is 245 g/mol. The molecule has 1 aromatic heterocycles. The molecule has 0 aliphatic heterocycles. The molecule has 0 amide bonds. The Balaban J connectivity index is 2.57. The van der Waals surface area contributed by atoms with Crippen molar-refractivity contribution in [2.75, 3.05) is 0 Å². The topological polar surface area (TPSA) is 50.2 Å².